The van der Waals surface area contributed by atoms with E-state index in [9.17, 15) is 9.59 Å². The van der Waals surface area contributed by atoms with E-state index in [1.165, 1.54) is 0 Å². The molecule has 1 heterocycles. The minimum absolute atomic E-state index is 0.0148. The van der Waals surface area contributed by atoms with Crippen LogP contribution in [0.3, 0.4) is 0 Å². The van der Waals surface area contributed by atoms with Crippen molar-refractivity contribution in [2.24, 2.45) is 0 Å². The fraction of sp³-hybridized carbons (Fsp3) is 0.333. The van der Waals surface area contributed by atoms with Crippen LogP contribution in [0.2, 0.25) is 0 Å². The van der Waals surface area contributed by atoms with Crippen molar-refractivity contribution in [1.82, 2.24) is 0 Å². The Morgan fingerprint density at radius 1 is 1.33 bits per heavy atom. The van der Waals surface area contributed by atoms with Gasteiger partial charge in [0.1, 0.15) is 12.9 Å². The van der Waals surface area contributed by atoms with E-state index in [1.807, 2.05) is 6.07 Å². The maximum atomic E-state index is 11.3. The Kier molecular flexibility index (Phi) is 1.69. The van der Waals surface area contributed by atoms with E-state index in [1.54, 1.807) is 6.07 Å². The van der Waals surface area contributed by atoms with Gasteiger partial charge in [-0.25, -0.2) is 4.79 Å². The summed E-state index contributed by atoms with van der Waals surface area (Å²) in [6, 6.07) is 3.68. The lowest BCUT2D eigenvalue weighted by Crippen LogP contribution is -1.98. The number of cyclic esters (lactones) is 1. The average Bonchev–Trinajstić information content (AvgIpc) is 2.81. The molecule has 1 aromatic carbocycles. The maximum Gasteiger partial charge on any atom is 0.338 e. The van der Waals surface area contributed by atoms with Crippen LogP contribution in [0.4, 0.5) is 0 Å². The molecule has 1 aromatic rings. The predicted octanol–water partition coefficient (Wildman–Crippen LogP) is 1.59. The second-order valence-corrected chi connectivity index (χ2v) is 4.02. The third-order valence-corrected chi connectivity index (χ3v) is 3.30. The second-order valence-electron chi connectivity index (χ2n) is 4.02. The summed E-state index contributed by atoms with van der Waals surface area (Å²) in [4.78, 5) is 22.2. The molecule has 1 atom stereocenters. The zero-order valence-corrected chi connectivity index (χ0v) is 8.16. The quantitative estimate of drug-likeness (QED) is 0.513. The van der Waals surface area contributed by atoms with Gasteiger partial charge < -0.3 is 9.53 Å². The summed E-state index contributed by atoms with van der Waals surface area (Å²) in [5, 5.41) is 0. The number of fused-ring (bicyclic) bond motifs is 3. The first-order valence-corrected chi connectivity index (χ1v) is 5.08. The minimum atomic E-state index is -0.234. The molecule has 76 valence electrons. The molecule has 3 rings (SSSR count). The van der Waals surface area contributed by atoms with Crippen LogP contribution in [0.25, 0.3) is 0 Å². The third-order valence-electron chi connectivity index (χ3n) is 3.30. The smallest absolute Gasteiger partial charge is 0.338 e. The van der Waals surface area contributed by atoms with Gasteiger partial charge in [0.2, 0.25) is 0 Å². The van der Waals surface area contributed by atoms with Crippen molar-refractivity contribution in [3.8, 4) is 0 Å². The van der Waals surface area contributed by atoms with Crippen LogP contribution >= 0.6 is 0 Å². The van der Waals surface area contributed by atoms with Gasteiger partial charge in [-0.05, 0) is 30.0 Å². The van der Waals surface area contributed by atoms with Crippen molar-refractivity contribution in [3.63, 3.8) is 0 Å². The largest absolute Gasteiger partial charge is 0.457 e. The molecule has 3 nitrogen and oxygen atoms in total. The second kappa shape index (κ2) is 2.92. The highest BCUT2D eigenvalue weighted by atomic mass is 16.5. The van der Waals surface area contributed by atoms with Crippen molar-refractivity contribution >= 4 is 12.3 Å². The van der Waals surface area contributed by atoms with Crippen molar-refractivity contribution in [1.29, 1.82) is 0 Å². The number of hydrogen-bond donors (Lipinski definition) is 0. The van der Waals surface area contributed by atoms with Gasteiger partial charge in [0.05, 0.1) is 5.56 Å². The van der Waals surface area contributed by atoms with Crippen LogP contribution in [0.15, 0.2) is 12.1 Å². The number of esters is 1. The summed E-state index contributed by atoms with van der Waals surface area (Å²) in [6.45, 7) is 0.378. The molecule has 15 heavy (non-hydrogen) atoms. The summed E-state index contributed by atoms with van der Waals surface area (Å²) in [6.07, 6.45) is 2.75. The van der Waals surface area contributed by atoms with E-state index in [4.69, 9.17) is 4.74 Å². The summed E-state index contributed by atoms with van der Waals surface area (Å²) in [7, 11) is 0. The third kappa shape index (κ3) is 1.06. The van der Waals surface area contributed by atoms with Crippen LogP contribution in [-0.2, 0) is 22.6 Å². The standard InChI is InChI=1S/C12H10O3/c13-5-7-1-2-9-8(7)3-4-10-11(9)6-15-12(10)14/h3-5,7H,1-2,6H2. The molecular formula is C12H10O3. The molecule has 1 unspecified atom stereocenters. The van der Waals surface area contributed by atoms with E-state index in [-0.39, 0.29) is 11.9 Å². The maximum absolute atomic E-state index is 11.3. The Morgan fingerprint density at radius 2 is 2.20 bits per heavy atom. The zero-order valence-electron chi connectivity index (χ0n) is 8.16. The highest BCUT2D eigenvalue weighted by Gasteiger charge is 2.30. The van der Waals surface area contributed by atoms with Gasteiger partial charge in [-0.15, -0.1) is 0 Å². The number of hydrogen-bond acceptors (Lipinski definition) is 3. The fourth-order valence-corrected chi connectivity index (χ4v) is 2.52. The molecule has 0 amide bonds. The van der Waals surface area contributed by atoms with Gasteiger partial charge in [0.15, 0.2) is 0 Å². The van der Waals surface area contributed by atoms with Gasteiger partial charge in [0.25, 0.3) is 0 Å². The molecule has 1 aliphatic carbocycles. The number of rotatable bonds is 1. The van der Waals surface area contributed by atoms with Crippen molar-refractivity contribution in [2.75, 3.05) is 0 Å². The molecule has 0 spiro atoms. The molecule has 1 aliphatic heterocycles. The van der Waals surface area contributed by atoms with Gasteiger partial charge >= 0.3 is 5.97 Å². The molecule has 0 fully saturated rings. The average molecular weight is 202 g/mol. The van der Waals surface area contributed by atoms with Crippen LogP contribution < -0.4 is 0 Å². The van der Waals surface area contributed by atoms with Gasteiger partial charge in [-0.3, -0.25) is 0 Å². The molecule has 0 saturated carbocycles. The van der Waals surface area contributed by atoms with E-state index in [0.717, 1.165) is 35.8 Å². The lowest BCUT2D eigenvalue weighted by molar-refractivity contribution is -0.109. The van der Waals surface area contributed by atoms with E-state index in [0.29, 0.717) is 12.2 Å². The predicted molar refractivity (Wildman–Crippen MR) is 52.7 cm³/mol. The van der Waals surface area contributed by atoms with Crippen molar-refractivity contribution in [2.45, 2.75) is 25.4 Å². The molecule has 0 saturated heterocycles. The molecule has 0 N–H and O–H groups in total. The normalized spacial score (nSPS) is 22.1. The van der Waals surface area contributed by atoms with Crippen molar-refractivity contribution in [3.05, 3.63) is 34.4 Å². The molecule has 2 aliphatic rings. The monoisotopic (exact) mass is 202 g/mol. The highest BCUT2D eigenvalue weighted by molar-refractivity contribution is 5.94. The van der Waals surface area contributed by atoms with Gasteiger partial charge in [-0.1, -0.05) is 6.07 Å². The van der Waals surface area contributed by atoms with Crippen LogP contribution in [0.5, 0.6) is 0 Å². The number of aldehydes is 1. The van der Waals surface area contributed by atoms with Gasteiger partial charge in [0, 0.05) is 11.5 Å². The van der Waals surface area contributed by atoms with Crippen LogP contribution in [0.1, 0.15) is 39.4 Å². The highest BCUT2D eigenvalue weighted by Crippen LogP contribution is 2.37. The number of carbonyl (C=O) groups excluding carboxylic acids is 2. The van der Waals surface area contributed by atoms with E-state index < -0.39 is 0 Å². The Balaban J connectivity index is 2.19. The molecule has 0 bridgehead atoms. The van der Waals surface area contributed by atoms with E-state index >= 15 is 0 Å². The Morgan fingerprint density at radius 3 is 3.00 bits per heavy atom. The Hall–Kier alpha value is -1.64. The minimum Gasteiger partial charge on any atom is -0.457 e. The molecular weight excluding hydrogens is 192 g/mol. The Labute approximate surface area is 87.0 Å². The first-order valence-electron chi connectivity index (χ1n) is 5.08. The fourth-order valence-electron chi connectivity index (χ4n) is 2.52. The summed E-state index contributed by atoms with van der Waals surface area (Å²) >= 11 is 0. The Bertz CT molecular complexity index is 462. The summed E-state index contributed by atoms with van der Waals surface area (Å²) in [5.41, 5.74) is 3.93. The van der Waals surface area contributed by atoms with Crippen molar-refractivity contribution < 1.29 is 14.3 Å². The summed E-state index contributed by atoms with van der Waals surface area (Å²) < 4.78 is 4.99. The van der Waals surface area contributed by atoms with Crippen LogP contribution in [0, 0.1) is 0 Å². The first-order chi connectivity index (χ1) is 7.31. The number of carbonyl (C=O) groups is 2. The van der Waals surface area contributed by atoms with E-state index in [2.05, 4.69) is 0 Å². The zero-order chi connectivity index (χ0) is 10.4. The molecule has 0 radical (unpaired) electrons. The topological polar surface area (TPSA) is 43.4 Å². The SMILES string of the molecule is O=CC1CCc2c1ccc1c2COC1=O. The lowest BCUT2D eigenvalue weighted by atomic mass is 9.97. The van der Waals surface area contributed by atoms with Crippen LogP contribution in [-0.4, -0.2) is 12.3 Å². The van der Waals surface area contributed by atoms with Gasteiger partial charge in [-0.2, -0.15) is 0 Å². The summed E-state index contributed by atoms with van der Waals surface area (Å²) in [5.74, 6) is -0.219. The number of benzene rings is 1. The lowest BCUT2D eigenvalue weighted by Gasteiger charge is -2.05. The first kappa shape index (κ1) is 8.65. The molecule has 3 heteroatoms. The number of ether oxygens (including phenoxy) is 1. The molecule has 0 aromatic heterocycles.